The summed E-state index contributed by atoms with van der Waals surface area (Å²) in [7, 11) is 0. The zero-order valence-electron chi connectivity index (χ0n) is 11.0. The highest BCUT2D eigenvalue weighted by atomic mass is 19.1. The molecule has 1 aromatic rings. The van der Waals surface area contributed by atoms with Crippen LogP contribution in [-0.4, -0.2) is 25.7 Å². The Labute approximate surface area is 108 Å². The molecule has 0 bridgehead atoms. The van der Waals surface area contributed by atoms with Gasteiger partial charge in [-0.05, 0) is 31.0 Å². The molecule has 18 heavy (non-hydrogen) atoms. The van der Waals surface area contributed by atoms with Crippen LogP contribution in [0.5, 0.6) is 5.75 Å². The van der Waals surface area contributed by atoms with Gasteiger partial charge in [0.1, 0.15) is 17.7 Å². The first kappa shape index (κ1) is 13.1. The first-order chi connectivity index (χ1) is 8.61. The Bertz CT molecular complexity index is 409. The fourth-order valence-electron chi connectivity index (χ4n) is 2.19. The number of halogens is 1. The van der Waals surface area contributed by atoms with E-state index in [0.29, 0.717) is 12.5 Å². The van der Waals surface area contributed by atoms with Crippen LogP contribution < -0.4 is 15.4 Å². The van der Waals surface area contributed by atoms with Gasteiger partial charge >= 0.3 is 0 Å². The Hall–Kier alpha value is -1.29. The van der Waals surface area contributed by atoms with E-state index in [1.165, 1.54) is 6.07 Å². The first-order valence-corrected chi connectivity index (χ1v) is 6.53. The van der Waals surface area contributed by atoms with E-state index >= 15 is 0 Å². The van der Waals surface area contributed by atoms with Crippen molar-refractivity contribution in [1.29, 1.82) is 0 Å². The molecule has 1 aliphatic heterocycles. The van der Waals surface area contributed by atoms with Crippen molar-refractivity contribution in [1.82, 2.24) is 0 Å². The van der Waals surface area contributed by atoms with Gasteiger partial charge in [0.05, 0.1) is 12.2 Å². The van der Waals surface area contributed by atoms with E-state index in [-0.39, 0.29) is 11.9 Å². The second-order valence-corrected chi connectivity index (χ2v) is 5.10. The fraction of sp³-hybridized carbons (Fsp3) is 0.571. The number of anilines is 1. The number of ether oxygens (including phenoxy) is 1. The van der Waals surface area contributed by atoms with Gasteiger partial charge in [-0.2, -0.15) is 0 Å². The van der Waals surface area contributed by atoms with Gasteiger partial charge in [0.15, 0.2) is 0 Å². The zero-order valence-corrected chi connectivity index (χ0v) is 11.0. The molecular formula is C14H21FN2O. The van der Waals surface area contributed by atoms with Crippen molar-refractivity contribution in [3.8, 4) is 5.75 Å². The van der Waals surface area contributed by atoms with E-state index in [0.717, 1.165) is 30.9 Å². The second-order valence-electron chi connectivity index (χ2n) is 5.10. The summed E-state index contributed by atoms with van der Waals surface area (Å²) in [6.07, 6.45) is 1.06. The van der Waals surface area contributed by atoms with Gasteiger partial charge < -0.3 is 15.4 Å². The third-order valence-corrected chi connectivity index (χ3v) is 3.32. The Kier molecular flexibility index (Phi) is 4.07. The average Bonchev–Trinajstić information content (AvgIpc) is 2.35. The van der Waals surface area contributed by atoms with Gasteiger partial charge in [-0.15, -0.1) is 0 Å². The molecule has 1 unspecified atom stereocenters. The molecular weight excluding hydrogens is 231 g/mol. The molecule has 0 saturated carbocycles. The summed E-state index contributed by atoms with van der Waals surface area (Å²) in [5.41, 5.74) is 6.41. The lowest BCUT2D eigenvalue weighted by atomic mass is 10.0. The molecule has 0 amide bonds. The van der Waals surface area contributed by atoms with Crippen molar-refractivity contribution in [3.05, 3.63) is 24.0 Å². The van der Waals surface area contributed by atoms with Crippen LogP contribution in [0.3, 0.4) is 0 Å². The van der Waals surface area contributed by atoms with Crippen LogP contribution in [0.4, 0.5) is 10.1 Å². The van der Waals surface area contributed by atoms with Gasteiger partial charge in [0, 0.05) is 12.6 Å². The molecule has 0 radical (unpaired) electrons. The molecule has 4 heteroatoms. The van der Waals surface area contributed by atoms with E-state index < -0.39 is 0 Å². The van der Waals surface area contributed by atoms with Gasteiger partial charge in [0.25, 0.3) is 0 Å². The van der Waals surface area contributed by atoms with E-state index in [4.69, 9.17) is 10.5 Å². The Morgan fingerprint density at radius 2 is 2.28 bits per heavy atom. The predicted octanol–water partition coefficient (Wildman–Crippen LogP) is 2.40. The number of rotatable bonds is 4. The van der Waals surface area contributed by atoms with Crippen molar-refractivity contribution in [2.45, 2.75) is 26.4 Å². The molecule has 1 atom stereocenters. The average molecular weight is 252 g/mol. The maximum Gasteiger partial charge on any atom is 0.143 e. The summed E-state index contributed by atoms with van der Waals surface area (Å²) >= 11 is 0. The standard InChI is InChI=1S/C14H21FN2O/c1-10(2)14-9-17(7-3-6-16)12-8-11(15)4-5-13(12)18-14/h4-5,8,10,14H,3,6-7,9,16H2,1-2H3. The number of hydrogen-bond donors (Lipinski definition) is 1. The van der Waals surface area contributed by atoms with E-state index in [1.54, 1.807) is 12.1 Å². The van der Waals surface area contributed by atoms with Crippen LogP contribution in [0.2, 0.25) is 0 Å². The Morgan fingerprint density at radius 1 is 1.50 bits per heavy atom. The first-order valence-electron chi connectivity index (χ1n) is 6.53. The summed E-state index contributed by atoms with van der Waals surface area (Å²) in [6, 6.07) is 4.71. The molecule has 0 aromatic heterocycles. The summed E-state index contributed by atoms with van der Waals surface area (Å²) in [6.45, 7) is 6.57. The summed E-state index contributed by atoms with van der Waals surface area (Å²) in [4.78, 5) is 2.18. The summed E-state index contributed by atoms with van der Waals surface area (Å²) in [5, 5.41) is 0. The van der Waals surface area contributed by atoms with Crippen molar-refractivity contribution >= 4 is 5.69 Å². The van der Waals surface area contributed by atoms with E-state index in [2.05, 4.69) is 18.7 Å². The molecule has 100 valence electrons. The smallest absolute Gasteiger partial charge is 0.143 e. The third-order valence-electron chi connectivity index (χ3n) is 3.32. The van der Waals surface area contributed by atoms with Gasteiger partial charge in [-0.1, -0.05) is 13.8 Å². The molecule has 1 aliphatic rings. The Balaban J connectivity index is 2.25. The highest BCUT2D eigenvalue weighted by Crippen LogP contribution is 2.35. The normalized spacial score (nSPS) is 18.7. The SMILES string of the molecule is CC(C)C1CN(CCCN)c2cc(F)ccc2O1. The van der Waals surface area contributed by atoms with Crippen LogP contribution in [0.1, 0.15) is 20.3 Å². The molecule has 2 N–H and O–H groups in total. The van der Waals surface area contributed by atoms with E-state index in [1.807, 2.05) is 0 Å². The lowest BCUT2D eigenvalue weighted by molar-refractivity contribution is 0.145. The number of benzene rings is 1. The number of fused-ring (bicyclic) bond motifs is 1. The van der Waals surface area contributed by atoms with Gasteiger partial charge in [-0.25, -0.2) is 4.39 Å². The molecule has 2 rings (SSSR count). The molecule has 0 saturated heterocycles. The summed E-state index contributed by atoms with van der Waals surface area (Å²) in [5.74, 6) is 0.986. The zero-order chi connectivity index (χ0) is 13.1. The molecule has 0 aliphatic carbocycles. The molecule has 0 fully saturated rings. The molecule has 1 aromatic carbocycles. The molecule has 3 nitrogen and oxygen atoms in total. The van der Waals surface area contributed by atoms with Crippen LogP contribution in [-0.2, 0) is 0 Å². The topological polar surface area (TPSA) is 38.5 Å². The number of nitrogens with two attached hydrogens (primary N) is 1. The maximum atomic E-state index is 13.3. The van der Waals surface area contributed by atoms with Crippen LogP contribution in [0.15, 0.2) is 18.2 Å². The van der Waals surface area contributed by atoms with Crippen LogP contribution in [0.25, 0.3) is 0 Å². The van der Waals surface area contributed by atoms with Crippen molar-refractivity contribution in [3.63, 3.8) is 0 Å². The van der Waals surface area contributed by atoms with Crippen LogP contribution in [0, 0.1) is 11.7 Å². The van der Waals surface area contributed by atoms with Gasteiger partial charge in [-0.3, -0.25) is 0 Å². The Morgan fingerprint density at radius 3 is 2.94 bits per heavy atom. The molecule has 0 spiro atoms. The fourth-order valence-corrected chi connectivity index (χ4v) is 2.19. The summed E-state index contributed by atoms with van der Waals surface area (Å²) < 4.78 is 19.3. The number of hydrogen-bond acceptors (Lipinski definition) is 3. The second kappa shape index (κ2) is 5.57. The maximum absolute atomic E-state index is 13.3. The van der Waals surface area contributed by atoms with E-state index in [9.17, 15) is 4.39 Å². The van der Waals surface area contributed by atoms with Crippen molar-refractivity contribution < 1.29 is 9.13 Å². The highest BCUT2D eigenvalue weighted by Gasteiger charge is 2.27. The number of nitrogens with zero attached hydrogens (tertiary/aromatic N) is 1. The van der Waals surface area contributed by atoms with Crippen molar-refractivity contribution in [2.24, 2.45) is 11.7 Å². The predicted molar refractivity (Wildman–Crippen MR) is 71.5 cm³/mol. The minimum Gasteiger partial charge on any atom is -0.486 e. The largest absolute Gasteiger partial charge is 0.486 e. The monoisotopic (exact) mass is 252 g/mol. The minimum atomic E-state index is -0.224. The lowest BCUT2D eigenvalue weighted by Crippen LogP contribution is -2.43. The van der Waals surface area contributed by atoms with Crippen LogP contribution >= 0.6 is 0 Å². The third kappa shape index (κ3) is 2.75. The quantitative estimate of drug-likeness (QED) is 0.894. The van der Waals surface area contributed by atoms with Crippen molar-refractivity contribution in [2.75, 3.05) is 24.5 Å². The molecule has 1 heterocycles. The minimum absolute atomic E-state index is 0.153. The van der Waals surface area contributed by atoms with Gasteiger partial charge in [0.2, 0.25) is 0 Å². The highest BCUT2D eigenvalue weighted by molar-refractivity contribution is 5.60. The lowest BCUT2D eigenvalue weighted by Gasteiger charge is -2.38.